The van der Waals surface area contributed by atoms with Crippen LogP contribution < -0.4 is 4.87 Å². The zero-order valence-corrected chi connectivity index (χ0v) is 16.0. The molecule has 0 aliphatic heterocycles. The molecule has 130 valence electrons. The van der Waals surface area contributed by atoms with Crippen LogP contribution in [-0.2, 0) is 28.1 Å². The van der Waals surface area contributed by atoms with Gasteiger partial charge in [0.25, 0.3) is 0 Å². The lowest BCUT2D eigenvalue weighted by Crippen LogP contribution is -2.22. The second-order valence-corrected chi connectivity index (χ2v) is 8.05. The minimum absolute atomic E-state index is 0.0354. The Balaban J connectivity index is 2.09. The molecule has 5 heteroatoms. The summed E-state index contributed by atoms with van der Waals surface area (Å²) in [6.07, 6.45) is 0. The third kappa shape index (κ3) is 4.15. The summed E-state index contributed by atoms with van der Waals surface area (Å²) in [4.78, 5) is 23.6. The SMILES string of the molecule is Cc1cc(C(C)(C)C)cc(C)c1COC(=O)Cn1c(C)csc1=O. The summed E-state index contributed by atoms with van der Waals surface area (Å²) in [5.41, 5.74) is 5.42. The molecule has 4 nitrogen and oxygen atoms in total. The van der Waals surface area contributed by atoms with Crippen molar-refractivity contribution in [3.8, 4) is 0 Å². The Morgan fingerprint density at radius 2 is 1.75 bits per heavy atom. The molecular weight excluding hydrogens is 322 g/mol. The van der Waals surface area contributed by atoms with Crippen molar-refractivity contribution in [3.63, 3.8) is 0 Å². The fourth-order valence-corrected chi connectivity index (χ4v) is 3.31. The first-order chi connectivity index (χ1) is 11.1. The van der Waals surface area contributed by atoms with Gasteiger partial charge in [-0.25, -0.2) is 0 Å². The number of hydrogen-bond donors (Lipinski definition) is 0. The van der Waals surface area contributed by atoms with E-state index in [1.807, 2.05) is 20.8 Å². The van der Waals surface area contributed by atoms with E-state index < -0.39 is 5.97 Å². The van der Waals surface area contributed by atoms with E-state index in [4.69, 9.17) is 4.74 Å². The topological polar surface area (TPSA) is 48.3 Å². The molecule has 0 aliphatic rings. The smallest absolute Gasteiger partial charge is 0.326 e. The van der Waals surface area contributed by atoms with E-state index in [2.05, 4.69) is 32.9 Å². The van der Waals surface area contributed by atoms with Crippen LogP contribution in [0, 0.1) is 20.8 Å². The fourth-order valence-electron chi connectivity index (χ4n) is 2.58. The molecular formula is C19H25NO3S. The maximum atomic E-state index is 12.1. The molecule has 2 aromatic rings. The molecule has 1 aromatic heterocycles. The normalized spacial score (nSPS) is 11.6. The third-order valence-electron chi connectivity index (χ3n) is 4.20. The maximum absolute atomic E-state index is 12.1. The van der Waals surface area contributed by atoms with Gasteiger partial charge in [0.05, 0.1) is 0 Å². The molecule has 0 saturated heterocycles. The van der Waals surface area contributed by atoms with E-state index >= 15 is 0 Å². The first-order valence-electron chi connectivity index (χ1n) is 8.00. The molecule has 24 heavy (non-hydrogen) atoms. The molecule has 0 amide bonds. The van der Waals surface area contributed by atoms with Gasteiger partial charge in [-0.1, -0.05) is 44.2 Å². The van der Waals surface area contributed by atoms with Crippen LogP contribution >= 0.6 is 11.3 Å². The fraction of sp³-hybridized carbons (Fsp3) is 0.474. The number of carbonyl (C=O) groups excluding carboxylic acids is 1. The van der Waals surface area contributed by atoms with Gasteiger partial charge in [-0.05, 0) is 48.4 Å². The van der Waals surface area contributed by atoms with Crippen molar-refractivity contribution < 1.29 is 9.53 Å². The third-order valence-corrected chi connectivity index (χ3v) is 5.08. The van der Waals surface area contributed by atoms with Crippen molar-refractivity contribution in [2.45, 2.75) is 60.1 Å². The lowest BCUT2D eigenvalue weighted by Gasteiger charge is -2.22. The lowest BCUT2D eigenvalue weighted by molar-refractivity contribution is -0.145. The molecule has 0 aliphatic carbocycles. The monoisotopic (exact) mass is 347 g/mol. The number of carbonyl (C=O) groups is 1. The van der Waals surface area contributed by atoms with Gasteiger partial charge >= 0.3 is 10.8 Å². The van der Waals surface area contributed by atoms with Crippen molar-refractivity contribution in [1.29, 1.82) is 0 Å². The number of thiazole rings is 1. The van der Waals surface area contributed by atoms with Crippen molar-refractivity contribution in [2.24, 2.45) is 0 Å². The second kappa shape index (κ2) is 6.93. The number of ether oxygens (including phenoxy) is 1. The molecule has 0 bridgehead atoms. The summed E-state index contributed by atoms with van der Waals surface area (Å²) >= 11 is 1.10. The van der Waals surface area contributed by atoms with Crippen LogP contribution in [0.2, 0.25) is 0 Å². The Hall–Kier alpha value is -1.88. The molecule has 1 aromatic carbocycles. The molecule has 0 spiro atoms. The highest BCUT2D eigenvalue weighted by Crippen LogP contribution is 2.27. The zero-order chi connectivity index (χ0) is 18.1. The summed E-state index contributed by atoms with van der Waals surface area (Å²) in [7, 11) is 0. The zero-order valence-electron chi connectivity index (χ0n) is 15.2. The molecule has 0 radical (unpaired) electrons. The van der Waals surface area contributed by atoms with Crippen LogP contribution in [0.3, 0.4) is 0 Å². The highest BCUT2D eigenvalue weighted by molar-refractivity contribution is 7.07. The van der Waals surface area contributed by atoms with Gasteiger partial charge in [0.1, 0.15) is 13.2 Å². The highest BCUT2D eigenvalue weighted by atomic mass is 32.1. The van der Waals surface area contributed by atoms with Crippen LogP contribution in [-0.4, -0.2) is 10.5 Å². The first-order valence-corrected chi connectivity index (χ1v) is 8.88. The molecule has 0 atom stereocenters. The Morgan fingerprint density at radius 1 is 1.17 bits per heavy atom. The van der Waals surface area contributed by atoms with Crippen LogP contribution in [0.25, 0.3) is 0 Å². The van der Waals surface area contributed by atoms with Crippen molar-refractivity contribution in [1.82, 2.24) is 4.57 Å². The summed E-state index contributed by atoms with van der Waals surface area (Å²) < 4.78 is 6.84. The summed E-state index contributed by atoms with van der Waals surface area (Å²) in [6.45, 7) is 12.6. The predicted molar refractivity (Wildman–Crippen MR) is 97.7 cm³/mol. The van der Waals surface area contributed by atoms with Gasteiger partial charge in [-0.2, -0.15) is 0 Å². The number of hydrogen-bond acceptors (Lipinski definition) is 4. The average Bonchev–Trinajstić information content (AvgIpc) is 2.77. The van der Waals surface area contributed by atoms with E-state index in [0.29, 0.717) is 0 Å². The van der Waals surface area contributed by atoms with Gasteiger partial charge in [0, 0.05) is 11.1 Å². The van der Waals surface area contributed by atoms with E-state index in [9.17, 15) is 9.59 Å². The summed E-state index contributed by atoms with van der Waals surface area (Å²) in [5.74, 6) is -0.391. The Kier molecular flexibility index (Phi) is 5.33. The molecule has 0 unspecified atom stereocenters. The molecule has 0 fully saturated rings. The molecule has 2 rings (SSSR count). The maximum Gasteiger partial charge on any atom is 0.326 e. The van der Waals surface area contributed by atoms with Crippen LogP contribution in [0.5, 0.6) is 0 Å². The summed E-state index contributed by atoms with van der Waals surface area (Å²) in [6, 6.07) is 4.31. The number of nitrogens with zero attached hydrogens (tertiary/aromatic N) is 1. The number of rotatable bonds is 4. The number of aromatic nitrogens is 1. The van der Waals surface area contributed by atoms with Gasteiger partial charge in [0.2, 0.25) is 0 Å². The van der Waals surface area contributed by atoms with Crippen molar-refractivity contribution >= 4 is 17.3 Å². The summed E-state index contributed by atoms with van der Waals surface area (Å²) in [5, 5.41) is 1.75. The van der Waals surface area contributed by atoms with Crippen LogP contribution in [0.1, 0.15) is 48.7 Å². The average molecular weight is 347 g/mol. The number of esters is 1. The van der Waals surface area contributed by atoms with E-state index in [0.717, 1.165) is 33.7 Å². The van der Waals surface area contributed by atoms with Crippen molar-refractivity contribution in [3.05, 3.63) is 55.1 Å². The Morgan fingerprint density at radius 3 is 2.21 bits per heavy atom. The van der Waals surface area contributed by atoms with Crippen LogP contribution in [0.15, 0.2) is 22.3 Å². The molecule has 1 heterocycles. The van der Waals surface area contributed by atoms with Gasteiger partial charge in [-0.15, -0.1) is 0 Å². The van der Waals surface area contributed by atoms with Gasteiger partial charge in [-0.3, -0.25) is 14.2 Å². The largest absolute Gasteiger partial charge is 0.459 e. The lowest BCUT2D eigenvalue weighted by atomic mass is 9.84. The highest BCUT2D eigenvalue weighted by Gasteiger charge is 2.17. The van der Waals surface area contributed by atoms with Crippen molar-refractivity contribution in [2.75, 3.05) is 0 Å². The minimum Gasteiger partial charge on any atom is -0.459 e. The molecule has 0 N–H and O–H groups in total. The Labute approximate surface area is 147 Å². The van der Waals surface area contributed by atoms with Gasteiger partial charge in [0.15, 0.2) is 0 Å². The minimum atomic E-state index is -0.391. The predicted octanol–water partition coefficient (Wildman–Crippen LogP) is 3.88. The molecule has 0 saturated carbocycles. The second-order valence-electron chi connectivity index (χ2n) is 7.23. The van der Waals surface area contributed by atoms with E-state index in [-0.39, 0.29) is 23.4 Å². The number of aryl methyl sites for hydroxylation is 3. The quantitative estimate of drug-likeness (QED) is 0.789. The number of benzene rings is 1. The first kappa shape index (κ1) is 18.5. The van der Waals surface area contributed by atoms with E-state index in [1.165, 1.54) is 10.1 Å². The Bertz CT molecular complexity index is 786. The van der Waals surface area contributed by atoms with Crippen LogP contribution in [0.4, 0.5) is 0 Å². The van der Waals surface area contributed by atoms with Gasteiger partial charge < -0.3 is 4.74 Å². The van der Waals surface area contributed by atoms with E-state index in [1.54, 1.807) is 5.38 Å². The standard InChI is InChI=1S/C19H25NO3S/c1-12-7-15(19(4,5)6)8-13(2)16(12)10-23-17(21)9-20-14(3)11-24-18(20)22/h7-8,11H,9-10H2,1-6H3.